The third-order valence-electron chi connectivity index (χ3n) is 4.59. The van der Waals surface area contributed by atoms with Crippen LogP contribution in [0.5, 0.6) is 17.2 Å². The van der Waals surface area contributed by atoms with E-state index < -0.39 is 15.9 Å². The van der Waals surface area contributed by atoms with Gasteiger partial charge in [0.05, 0.1) is 39.3 Å². The molecule has 0 aliphatic carbocycles. The van der Waals surface area contributed by atoms with Crippen LogP contribution in [-0.4, -0.2) is 48.5 Å². The molecular formula is C21H28N2O6S. The van der Waals surface area contributed by atoms with Gasteiger partial charge in [-0.1, -0.05) is 25.1 Å². The zero-order valence-electron chi connectivity index (χ0n) is 17.8. The van der Waals surface area contributed by atoms with Crippen LogP contribution in [0.3, 0.4) is 0 Å². The number of hydrogen-bond donors (Lipinski definition) is 1. The number of amides is 1. The number of nitrogens with one attached hydrogen (secondary N) is 1. The van der Waals surface area contributed by atoms with Crippen molar-refractivity contribution in [3.8, 4) is 17.2 Å². The van der Waals surface area contributed by atoms with Crippen molar-refractivity contribution in [2.75, 3.05) is 38.4 Å². The Hall–Kier alpha value is -2.94. The lowest BCUT2D eigenvalue weighted by Crippen LogP contribution is -2.41. The van der Waals surface area contributed by atoms with Crippen LogP contribution in [0.25, 0.3) is 0 Å². The Kier molecular flexibility index (Phi) is 7.93. The van der Waals surface area contributed by atoms with E-state index in [1.54, 1.807) is 50.6 Å². The third-order valence-corrected chi connectivity index (χ3v) is 5.72. The molecule has 9 heteroatoms. The number of carbonyl (C=O) groups excluding carboxylic acids is 1. The third kappa shape index (κ3) is 5.56. The van der Waals surface area contributed by atoms with E-state index in [0.717, 1.165) is 16.1 Å². The Bertz CT molecular complexity index is 977. The van der Waals surface area contributed by atoms with Gasteiger partial charge in [-0.3, -0.25) is 9.10 Å². The lowest BCUT2D eigenvalue weighted by Gasteiger charge is -2.25. The van der Waals surface area contributed by atoms with Gasteiger partial charge in [0, 0.05) is 0 Å². The van der Waals surface area contributed by atoms with Crippen LogP contribution < -0.4 is 23.8 Å². The van der Waals surface area contributed by atoms with Crippen molar-refractivity contribution in [2.45, 2.75) is 19.4 Å². The summed E-state index contributed by atoms with van der Waals surface area (Å²) in [5.41, 5.74) is 1.13. The van der Waals surface area contributed by atoms with Gasteiger partial charge in [0.2, 0.25) is 15.9 Å². The standard InChI is InChI=1S/C21H28N2O6S/c1-6-16(15-11-12-19(28-3)20(13-15)29-4)22-21(24)14-23(30(5,25)26)17-9-7-8-10-18(17)27-2/h7-13,16H,6,14H2,1-5H3,(H,22,24)/t16-/m1/s1. The summed E-state index contributed by atoms with van der Waals surface area (Å²) in [5.74, 6) is 1.06. The van der Waals surface area contributed by atoms with Crippen molar-refractivity contribution in [1.82, 2.24) is 5.32 Å². The van der Waals surface area contributed by atoms with Crippen LogP contribution in [0.1, 0.15) is 24.9 Å². The van der Waals surface area contributed by atoms with Crippen molar-refractivity contribution in [3.05, 3.63) is 48.0 Å². The van der Waals surface area contributed by atoms with Gasteiger partial charge in [0.1, 0.15) is 12.3 Å². The lowest BCUT2D eigenvalue weighted by molar-refractivity contribution is -0.120. The van der Waals surface area contributed by atoms with Gasteiger partial charge in [-0.2, -0.15) is 0 Å². The highest BCUT2D eigenvalue weighted by Gasteiger charge is 2.25. The predicted molar refractivity (Wildman–Crippen MR) is 116 cm³/mol. The molecule has 0 saturated carbocycles. The second-order valence-electron chi connectivity index (χ2n) is 6.58. The fourth-order valence-electron chi connectivity index (χ4n) is 3.08. The van der Waals surface area contributed by atoms with Gasteiger partial charge in [0.25, 0.3) is 0 Å². The summed E-state index contributed by atoms with van der Waals surface area (Å²) in [6.45, 7) is 1.55. The van der Waals surface area contributed by atoms with Gasteiger partial charge < -0.3 is 19.5 Å². The highest BCUT2D eigenvalue weighted by atomic mass is 32.2. The van der Waals surface area contributed by atoms with Gasteiger partial charge in [-0.05, 0) is 36.2 Å². The Morgan fingerprint density at radius 1 is 1.00 bits per heavy atom. The first-order valence-corrected chi connectivity index (χ1v) is 11.2. The van der Waals surface area contributed by atoms with Crippen LogP contribution >= 0.6 is 0 Å². The maximum Gasteiger partial charge on any atom is 0.241 e. The van der Waals surface area contributed by atoms with E-state index in [0.29, 0.717) is 29.4 Å². The Balaban J connectivity index is 2.26. The van der Waals surface area contributed by atoms with Crippen molar-refractivity contribution >= 4 is 21.6 Å². The lowest BCUT2D eigenvalue weighted by atomic mass is 10.0. The van der Waals surface area contributed by atoms with E-state index in [1.165, 1.54) is 7.11 Å². The second-order valence-corrected chi connectivity index (χ2v) is 8.49. The quantitative estimate of drug-likeness (QED) is 0.616. The molecule has 1 amide bonds. The summed E-state index contributed by atoms with van der Waals surface area (Å²) >= 11 is 0. The smallest absolute Gasteiger partial charge is 0.241 e. The number of rotatable bonds is 10. The largest absolute Gasteiger partial charge is 0.495 e. The fraction of sp³-hybridized carbons (Fsp3) is 0.381. The summed E-state index contributed by atoms with van der Waals surface area (Å²) in [6, 6.07) is 11.7. The molecule has 0 heterocycles. The number of anilines is 1. The van der Waals surface area contributed by atoms with E-state index in [1.807, 2.05) is 13.0 Å². The minimum Gasteiger partial charge on any atom is -0.495 e. The normalized spacial score (nSPS) is 12.0. The van der Waals surface area contributed by atoms with Crippen LogP contribution in [0.15, 0.2) is 42.5 Å². The van der Waals surface area contributed by atoms with Crippen molar-refractivity contribution < 1.29 is 27.4 Å². The van der Waals surface area contributed by atoms with Crippen LogP contribution in [0, 0.1) is 0 Å². The number of para-hydroxylation sites is 2. The number of benzene rings is 2. The maximum atomic E-state index is 12.8. The van der Waals surface area contributed by atoms with E-state index in [9.17, 15) is 13.2 Å². The molecule has 0 radical (unpaired) electrons. The Morgan fingerprint density at radius 2 is 1.63 bits per heavy atom. The van der Waals surface area contributed by atoms with E-state index in [4.69, 9.17) is 14.2 Å². The van der Waals surface area contributed by atoms with Gasteiger partial charge in [-0.15, -0.1) is 0 Å². The summed E-state index contributed by atoms with van der Waals surface area (Å²) in [6.07, 6.45) is 1.66. The molecule has 8 nitrogen and oxygen atoms in total. The maximum absolute atomic E-state index is 12.8. The molecule has 30 heavy (non-hydrogen) atoms. The highest BCUT2D eigenvalue weighted by molar-refractivity contribution is 7.92. The molecule has 0 aromatic heterocycles. The molecule has 0 bridgehead atoms. The Labute approximate surface area is 177 Å². The van der Waals surface area contributed by atoms with Crippen LogP contribution in [0.4, 0.5) is 5.69 Å². The number of sulfonamides is 1. The molecule has 2 aromatic carbocycles. The average Bonchev–Trinajstić information content (AvgIpc) is 2.74. The molecule has 0 unspecified atom stereocenters. The van der Waals surface area contributed by atoms with Crippen LogP contribution in [0.2, 0.25) is 0 Å². The highest BCUT2D eigenvalue weighted by Crippen LogP contribution is 2.31. The SMILES string of the molecule is CC[C@@H](NC(=O)CN(c1ccccc1OC)S(C)(=O)=O)c1ccc(OC)c(OC)c1. The van der Waals surface area contributed by atoms with E-state index in [2.05, 4.69) is 5.32 Å². The second kappa shape index (κ2) is 10.2. The first-order chi connectivity index (χ1) is 14.2. The minimum absolute atomic E-state index is 0.303. The molecule has 2 aromatic rings. The molecule has 0 saturated heterocycles. The number of hydrogen-bond acceptors (Lipinski definition) is 6. The zero-order valence-corrected chi connectivity index (χ0v) is 18.7. The van der Waals surface area contributed by atoms with Crippen molar-refractivity contribution in [3.63, 3.8) is 0 Å². The minimum atomic E-state index is -3.72. The number of ether oxygens (including phenoxy) is 3. The van der Waals surface area contributed by atoms with E-state index in [-0.39, 0.29) is 12.6 Å². The molecular weight excluding hydrogens is 408 g/mol. The summed E-state index contributed by atoms with van der Waals surface area (Å²) in [4.78, 5) is 12.8. The first-order valence-electron chi connectivity index (χ1n) is 9.37. The molecule has 164 valence electrons. The van der Waals surface area contributed by atoms with Crippen molar-refractivity contribution in [2.24, 2.45) is 0 Å². The molecule has 1 atom stereocenters. The van der Waals surface area contributed by atoms with Crippen LogP contribution in [-0.2, 0) is 14.8 Å². The van der Waals surface area contributed by atoms with E-state index >= 15 is 0 Å². The first kappa shape index (κ1) is 23.3. The number of nitrogens with zero attached hydrogens (tertiary/aromatic N) is 1. The summed E-state index contributed by atoms with van der Waals surface area (Å²) in [5, 5.41) is 2.90. The Morgan fingerprint density at radius 3 is 2.20 bits per heavy atom. The summed E-state index contributed by atoms with van der Waals surface area (Å²) in [7, 11) is 0.821. The zero-order chi connectivity index (χ0) is 22.3. The molecule has 0 aliphatic heterocycles. The molecule has 0 fully saturated rings. The average molecular weight is 437 g/mol. The molecule has 0 aliphatic rings. The van der Waals surface area contributed by atoms with Crippen molar-refractivity contribution in [1.29, 1.82) is 0 Å². The van der Waals surface area contributed by atoms with Gasteiger partial charge in [-0.25, -0.2) is 8.42 Å². The molecule has 2 rings (SSSR count). The predicted octanol–water partition coefficient (Wildman–Crippen LogP) is 2.75. The monoisotopic (exact) mass is 436 g/mol. The summed E-state index contributed by atoms with van der Waals surface area (Å²) < 4.78 is 41.6. The topological polar surface area (TPSA) is 94.2 Å². The number of methoxy groups -OCH3 is 3. The molecule has 1 N–H and O–H groups in total. The van der Waals surface area contributed by atoms with Gasteiger partial charge >= 0.3 is 0 Å². The molecule has 0 spiro atoms. The van der Waals surface area contributed by atoms with Gasteiger partial charge in [0.15, 0.2) is 11.5 Å². The number of carbonyl (C=O) groups is 1. The fourth-order valence-corrected chi connectivity index (χ4v) is 3.94.